The average Bonchev–Trinajstić information content (AvgIpc) is 2.38. The summed E-state index contributed by atoms with van der Waals surface area (Å²) in [6.07, 6.45) is 0. The van der Waals surface area contributed by atoms with Crippen LogP contribution in [0.1, 0.15) is 10.4 Å². The van der Waals surface area contributed by atoms with Crippen molar-refractivity contribution in [2.75, 3.05) is 30.0 Å². The number of nitrogens with zero attached hydrogens (tertiary/aromatic N) is 2. The summed E-state index contributed by atoms with van der Waals surface area (Å²) in [7, 11) is 3.91. The predicted octanol–water partition coefficient (Wildman–Crippen LogP) is 2.64. The van der Waals surface area contributed by atoms with E-state index in [1.54, 1.807) is 0 Å². The van der Waals surface area contributed by atoms with E-state index in [2.05, 4.69) is 10.3 Å². The highest BCUT2D eigenvalue weighted by atomic mass is 35.5. The molecule has 0 unspecified atom stereocenters. The van der Waals surface area contributed by atoms with Crippen molar-refractivity contribution in [1.29, 1.82) is 0 Å². The van der Waals surface area contributed by atoms with Gasteiger partial charge in [0.05, 0.1) is 0 Å². The fourth-order valence-corrected chi connectivity index (χ4v) is 1.91. The molecule has 20 heavy (non-hydrogen) atoms. The summed E-state index contributed by atoms with van der Waals surface area (Å²) in [5.74, 6) is -0.0655. The van der Waals surface area contributed by atoms with Crippen LogP contribution in [-0.2, 0) is 0 Å². The van der Waals surface area contributed by atoms with Crippen molar-refractivity contribution < 1.29 is 4.79 Å². The molecule has 1 aromatic carbocycles. The Hall–Kier alpha value is -2.27. The molecule has 2 aromatic rings. The van der Waals surface area contributed by atoms with E-state index < -0.39 is 0 Å². The van der Waals surface area contributed by atoms with Gasteiger partial charge in [-0.2, -0.15) is 0 Å². The van der Waals surface area contributed by atoms with Crippen molar-refractivity contribution in [2.24, 2.45) is 0 Å². The van der Waals surface area contributed by atoms with Gasteiger partial charge in [-0.15, -0.1) is 0 Å². The van der Waals surface area contributed by atoms with E-state index in [9.17, 15) is 4.79 Å². The van der Waals surface area contributed by atoms with Crippen LogP contribution in [0.2, 0.25) is 5.15 Å². The van der Waals surface area contributed by atoms with Crippen LogP contribution in [0.25, 0.3) is 0 Å². The van der Waals surface area contributed by atoms with E-state index in [1.807, 2.05) is 43.3 Å². The number of anilines is 3. The summed E-state index contributed by atoms with van der Waals surface area (Å²) in [5.41, 5.74) is 7.69. The smallest absolute Gasteiger partial charge is 0.255 e. The minimum atomic E-state index is -0.279. The van der Waals surface area contributed by atoms with Crippen LogP contribution in [0.5, 0.6) is 0 Å². The van der Waals surface area contributed by atoms with Gasteiger partial charge in [-0.05, 0) is 36.4 Å². The van der Waals surface area contributed by atoms with E-state index in [-0.39, 0.29) is 16.9 Å². The lowest BCUT2D eigenvalue weighted by atomic mass is 10.2. The van der Waals surface area contributed by atoms with Crippen LogP contribution in [0.15, 0.2) is 36.4 Å². The molecule has 3 N–H and O–H groups in total. The van der Waals surface area contributed by atoms with Gasteiger partial charge in [-0.25, -0.2) is 4.98 Å². The largest absolute Gasteiger partial charge is 0.384 e. The second kappa shape index (κ2) is 5.79. The Morgan fingerprint density at radius 2 is 1.90 bits per heavy atom. The van der Waals surface area contributed by atoms with E-state index in [0.29, 0.717) is 11.3 Å². The highest BCUT2D eigenvalue weighted by molar-refractivity contribution is 6.30. The standard InChI is InChI=1S/C14H15ClN4O/c1-19(2)11-5-3-10(4-6-11)17-14(20)9-7-12(15)18-13(16)8-9/h3-8H,1-2H3,(H2,16,18)(H,17,20). The van der Waals surface area contributed by atoms with Crippen LogP contribution < -0.4 is 16.0 Å². The van der Waals surface area contributed by atoms with Crippen LogP contribution in [0, 0.1) is 0 Å². The highest BCUT2D eigenvalue weighted by Crippen LogP contribution is 2.18. The molecule has 5 nitrogen and oxygen atoms in total. The molecule has 0 saturated carbocycles. The van der Waals surface area contributed by atoms with Crippen LogP contribution >= 0.6 is 11.6 Å². The molecule has 0 aliphatic carbocycles. The van der Waals surface area contributed by atoms with Crippen molar-refractivity contribution in [3.05, 3.63) is 47.1 Å². The number of nitrogens with one attached hydrogen (secondary N) is 1. The third-order valence-corrected chi connectivity index (χ3v) is 2.91. The summed E-state index contributed by atoms with van der Waals surface area (Å²) >= 11 is 5.78. The number of nitrogen functional groups attached to an aromatic ring is 1. The van der Waals surface area contributed by atoms with E-state index in [0.717, 1.165) is 5.69 Å². The Kier molecular flexibility index (Phi) is 4.10. The second-order valence-corrected chi connectivity index (χ2v) is 4.89. The number of pyridine rings is 1. The summed E-state index contributed by atoms with van der Waals surface area (Å²) in [5, 5.41) is 2.97. The monoisotopic (exact) mass is 290 g/mol. The molecule has 0 fully saturated rings. The first-order valence-corrected chi connectivity index (χ1v) is 6.35. The number of aromatic nitrogens is 1. The van der Waals surface area contributed by atoms with Gasteiger partial charge in [0, 0.05) is 31.0 Å². The maximum atomic E-state index is 12.1. The SMILES string of the molecule is CN(C)c1ccc(NC(=O)c2cc(N)nc(Cl)c2)cc1. The van der Waals surface area contributed by atoms with Gasteiger partial charge >= 0.3 is 0 Å². The summed E-state index contributed by atoms with van der Waals surface area (Å²) in [6, 6.07) is 10.5. The fraction of sp³-hybridized carbons (Fsp3) is 0.143. The van der Waals surface area contributed by atoms with Crippen molar-refractivity contribution in [3.63, 3.8) is 0 Å². The van der Waals surface area contributed by atoms with Gasteiger partial charge in [0.25, 0.3) is 5.91 Å². The van der Waals surface area contributed by atoms with Gasteiger partial charge in [0.2, 0.25) is 0 Å². The summed E-state index contributed by atoms with van der Waals surface area (Å²) in [6.45, 7) is 0. The number of hydrogen-bond acceptors (Lipinski definition) is 4. The molecule has 104 valence electrons. The van der Waals surface area contributed by atoms with Crippen LogP contribution in [0.3, 0.4) is 0 Å². The minimum Gasteiger partial charge on any atom is -0.384 e. The number of nitrogens with two attached hydrogens (primary N) is 1. The molecular weight excluding hydrogens is 276 g/mol. The zero-order valence-corrected chi connectivity index (χ0v) is 12.0. The Bertz CT molecular complexity index is 605. The fourth-order valence-electron chi connectivity index (χ4n) is 1.69. The quantitative estimate of drug-likeness (QED) is 0.853. The maximum absolute atomic E-state index is 12.1. The molecule has 0 atom stereocenters. The summed E-state index contributed by atoms with van der Waals surface area (Å²) in [4.78, 5) is 17.9. The van der Waals surface area contributed by atoms with Gasteiger partial charge in [0.1, 0.15) is 11.0 Å². The predicted molar refractivity (Wildman–Crippen MR) is 82.4 cm³/mol. The van der Waals surface area contributed by atoms with Crippen molar-refractivity contribution in [3.8, 4) is 0 Å². The van der Waals surface area contributed by atoms with Gasteiger partial charge in [-0.1, -0.05) is 11.6 Å². The third-order valence-electron chi connectivity index (χ3n) is 2.72. The van der Waals surface area contributed by atoms with Crippen molar-refractivity contribution in [2.45, 2.75) is 0 Å². The first kappa shape index (κ1) is 14.1. The molecule has 1 amide bonds. The second-order valence-electron chi connectivity index (χ2n) is 4.50. The molecule has 6 heteroatoms. The Morgan fingerprint density at radius 1 is 1.25 bits per heavy atom. The lowest BCUT2D eigenvalue weighted by molar-refractivity contribution is 0.102. The Morgan fingerprint density at radius 3 is 2.45 bits per heavy atom. The number of carbonyl (C=O) groups excluding carboxylic acids is 1. The Balaban J connectivity index is 2.14. The lowest BCUT2D eigenvalue weighted by Gasteiger charge is -2.13. The molecule has 0 saturated heterocycles. The molecule has 1 heterocycles. The number of rotatable bonds is 3. The van der Waals surface area contributed by atoms with Gasteiger partial charge in [0.15, 0.2) is 0 Å². The van der Waals surface area contributed by atoms with Crippen molar-refractivity contribution in [1.82, 2.24) is 4.98 Å². The van der Waals surface area contributed by atoms with E-state index >= 15 is 0 Å². The number of benzene rings is 1. The zero-order chi connectivity index (χ0) is 14.7. The molecule has 0 bridgehead atoms. The molecule has 0 aliphatic heterocycles. The lowest BCUT2D eigenvalue weighted by Crippen LogP contribution is -2.13. The van der Waals surface area contributed by atoms with Gasteiger partial charge in [-0.3, -0.25) is 4.79 Å². The minimum absolute atomic E-state index is 0.193. The topological polar surface area (TPSA) is 71.2 Å². The number of amides is 1. The molecule has 0 aliphatic rings. The summed E-state index contributed by atoms with van der Waals surface area (Å²) < 4.78 is 0. The molecular formula is C14H15ClN4O. The normalized spacial score (nSPS) is 10.2. The molecule has 1 aromatic heterocycles. The molecule has 2 rings (SSSR count). The highest BCUT2D eigenvalue weighted by Gasteiger charge is 2.09. The third kappa shape index (κ3) is 3.39. The average molecular weight is 291 g/mol. The van der Waals surface area contributed by atoms with Crippen LogP contribution in [-0.4, -0.2) is 25.0 Å². The van der Waals surface area contributed by atoms with Crippen LogP contribution in [0.4, 0.5) is 17.2 Å². The van der Waals surface area contributed by atoms with E-state index in [4.69, 9.17) is 17.3 Å². The molecule has 0 radical (unpaired) electrons. The molecule has 0 spiro atoms. The number of halogens is 1. The van der Waals surface area contributed by atoms with E-state index in [1.165, 1.54) is 12.1 Å². The number of hydrogen-bond donors (Lipinski definition) is 2. The first-order chi connectivity index (χ1) is 9.45. The first-order valence-electron chi connectivity index (χ1n) is 5.97. The number of carbonyl (C=O) groups is 1. The van der Waals surface area contributed by atoms with Crippen molar-refractivity contribution >= 4 is 34.7 Å². The Labute approximate surface area is 122 Å². The maximum Gasteiger partial charge on any atom is 0.255 e. The van der Waals surface area contributed by atoms with Gasteiger partial charge < -0.3 is 16.0 Å². The zero-order valence-electron chi connectivity index (χ0n) is 11.2.